The van der Waals surface area contributed by atoms with E-state index >= 15 is 0 Å². The third-order valence-corrected chi connectivity index (χ3v) is 8.92. The highest BCUT2D eigenvalue weighted by Crippen LogP contribution is 2.39. The van der Waals surface area contributed by atoms with E-state index in [0.29, 0.717) is 10.9 Å². The van der Waals surface area contributed by atoms with Crippen LogP contribution in [0.2, 0.25) is 0 Å². The highest BCUT2D eigenvalue weighted by Gasteiger charge is 2.46. The second kappa shape index (κ2) is 5.72. The number of hydrogen-bond donors (Lipinski definition) is 1. The summed E-state index contributed by atoms with van der Waals surface area (Å²) in [5.74, 6) is -0.810. The second-order valence-corrected chi connectivity index (χ2v) is 8.96. The van der Waals surface area contributed by atoms with E-state index < -0.39 is 22.0 Å². The van der Waals surface area contributed by atoms with Crippen molar-refractivity contribution in [1.29, 1.82) is 0 Å². The van der Waals surface area contributed by atoms with Crippen LogP contribution >= 0.6 is 39.0 Å². The van der Waals surface area contributed by atoms with Crippen molar-refractivity contribution in [3.8, 4) is 0 Å². The molecule has 0 aliphatic carbocycles. The minimum atomic E-state index is -3.78. The monoisotopic (exact) mass is 385 g/mol. The zero-order chi connectivity index (χ0) is 14.2. The van der Waals surface area contributed by atoms with Crippen molar-refractivity contribution in [2.45, 2.75) is 29.0 Å². The summed E-state index contributed by atoms with van der Waals surface area (Å²) in [6.45, 7) is 1.86. The third kappa shape index (κ3) is 2.71. The van der Waals surface area contributed by atoms with Gasteiger partial charge < -0.3 is 5.11 Å². The molecule has 1 aromatic heterocycles. The van der Waals surface area contributed by atoms with Crippen molar-refractivity contribution in [1.82, 2.24) is 4.31 Å². The Bertz CT molecular complexity index is 585. The Balaban J connectivity index is 2.47. The number of halogens is 1. The molecule has 1 aliphatic heterocycles. The number of carbonyl (C=O) groups is 1. The normalized spacial score (nSPS) is 24.7. The lowest BCUT2D eigenvalue weighted by Crippen LogP contribution is -2.45. The van der Waals surface area contributed by atoms with E-state index in [1.54, 1.807) is 11.4 Å². The van der Waals surface area contributed by atoms with E-state index in [-0.39, 0.29) is 15.3 Å². The van der Waals surface area contributed by atoms with Crippen molar-refractivity contribution in [3.05, 3.63) is 15.9 Å². The molecular formula is C10H12BrNO4S3. The summed E-state index contributed by atoms with van der Waals surface area (Å²) < 4.78 is 27.0. The largest absolute Gasteiger partial charge is 0.480 e. The molecule has 2 atom stereocenters. The van der Waals surface area contributed by atoms with Gasteiger partial charge in [0, 0.05) is 10.2 Å². The van der Waals surface area contributed by atoms with Crippen LogP contribution in [0.15, 0.2) is 20.1 Å². The van der Waals surface area contributed by atoms with Gasteiger partial charge in [-0.3, -0.25) is 4.79 Å². The zero-order valence-corrected chi connectivity index (χ0v) is 14.0. The molecule has 2 unspecified atom stereocenters. The number of thiophene rings is 1. The summed E-state index contributed by atoms with van der Waals surface area (Å²) in [7, 11) is -3.78. The summed E-state index contributed by atoms with van der Waals surface area (Å²) in [6.07, 6.45) is 0.580. The lowest BCUT2D eigenvalue weighted by Gasteiger charge is -2.25. The maximum absolute atomic E-state index is 12.6. The van der Waals surface area contributed by atoms with Gasteiger partial charge in [0.05, 0.1) is 5.37 Å². The standard InChI is InChI=1S/C10H12BrNO4S3/c1-2-8-12(7(5-18-8)9(13)14)19(15,16)10-6(11)3-4-17-10/h3-4,7-8H,2,5H2,1H3,(H,13,14). The molecule has 2 rings (SSSR count). The maximum atomic E-state index is 12.6. The molecule has 106 valence electrons. The quantitative estimate of drug-likeness (QED) is 0.861. The fourth-order valence-electron chi connectivity index (χ4n) is 1.91. The summed E-state index contributed by atoms with van der Waals surface area (Å²) >= 11 is 5.66. The number of aliphatic carboxylic acids is 1. The first-order valence-electron chi connectivity index (χ1n) is 5.50. The van der Waals surface area contributed by atoms with Gasteiger partial charge in [-0.15, -0.1) is 23.1 Å². The predicted molar refractivity (Wildman–Crippen MR) is 79.0 cm³/mol. The SMILES string of the molecule is CCC1SCC(C(=O)O)N1S(=O)(=O)c1sccc1Br. The Morgan fingerprint density at radius 2 is 2.32 bits per heavy atom. The first kappa shape index (κ1) is 15.3. The maximum Gasteiger partial charge on any atom is 0.322 e. The van der Waals surface area contributed by atoms with Crippen LogP contribution in [0, 0.1) is 0 Å². The van der Waals surface area contributed by atoms with Crippen molar-refractivity contribution in [2.24, 2.45) is 0 Å². The Morgan fingerprint density at radius 1 is 1.63 bits per heavy atom. The Kier molecular flexibility index (Phi) is 4.61. The van der Waals surface area contributed by atoms with Crippen LogP contribution < -0.4 is 0 Å². The molecule has 0 saturated carbocycles. The van der Waals surface area contributed by atoms with Crippen molar-refractivity contribution in [2.75, 3.05) is 5.75 Å². The lowest BCUT2D eigenvalue weighted by molar-refractivity contribution is -0.140. The number of carboxylic acid groups (broad SMARTS) is 1. The topological polar surface area (TPSA) is 74.7 Å². The molecule has 0 radical (unpaired) electrons. The number of nitrogens with zero attached hydrogens (tertiary/aromatic N) is 1. The molecule has 1 aliphatic rings. The molecule has 2 heterocycles. The molecule has 1 saturated heterocycles. The first-order valence-corrected chi connectivity index (χ1v) is 9.66. The van der Waals surface area contributed by atoms with Gasteiger partial charge in [0.2, 0.25) is 0 Å². The van der Waals surface area contributed by atoms with Gasteiger partial charge in [0.25, 0.3) is 10.0 Å². The summed E-state index contributed by atoms with van der Waals surface area (Å²) in [5, 5.41) is 10.5. The van der Waals surface area contributed by atoms with Gasteiger partial charge in [0.1, 0.15) is 10.3 Å². The molecule has 5 nitrogen and oxygen atoms in total. The number of carboxylic acids is 1. The fourth-order valence-corrected chi connectivity index (χ4v) is 7.85. The molecule has 1 aromatic rings. The average molecular weight is 386 g/mol. The number of rotatable bonds is 4. The molecule has 19 heavy (non-hydrogen) atoms. The molecule has 0 amide bonds. The lowest BCUT2D eigenvalue weighted by atomic mass is 10.3. The molecule has 0 bridgehead atoms. The van der Waals surface area contributed by atoms with Crippen LogP contribution in [0.3, 0.4) is 0 Å². The second-order valence-electron chi connectivity index (χ2n) is 3.94. The minimum absolute atomic E-state index is 0.166. The Morgan fingerprint density at radius 3 is 2.79 bits per heavy atom. The van der Waals surface area contributed by atoms with Crippen molar-refractivity contribution >= 4 is 55.0 Å². The predicted octanol–water partition coefficient (Wildman–Crippen LogP) is 2.44. The van der Waals surface area contributed by atoms with Gasteiger partial charge in [-0.05, 0) is 33.8 Å². The van der Waals surface area contributed by atoms with Crippen LogP contribution in [-0.2, 0) is 14.8 Å². The summed E-state index contributed by atoms with van der Waals surface area (Å²) in [6, 6.07) is 0.659. The van der Waals surface area contributed by atoms with E-state index in [4.69, 9.17) is 0 Å². The number of thioether (sulfide) groups is 1. The third-order valence-electron chi connectivity index (χ3n) is 2.77. The van der Waals surface area contributed by atoms with Gasteiger partial charge >= 0.3 is 5.97 Å². The molecule has 9 heteroatoms. The molecule has 1 fully saturated rings. The van der Waals surface area contributed by atoms with E-state index in [2.05, 4.69) is 15.9 Å². The fraction of sp³-hybridized carbons (Fsp3) is 0.500. The van der Waals surface area contributed by atoms with E-state index in [9.17, 15) is 18.3 Å². The van der Waals surface area contributed by atoms with Crippen LogP contribution in [0.5, 0.6) is 0 Å². The van der Waals surface area contributed by atoms with Crippen molar-refractivity contribution < 1.29 is 18.3 Å². The van der Waals surface area contributed by atoms with Crippen LogP contribution in [0.1, 0.15) is 13.3 Å². The molecular weight excluding hydrogens is 374 g/mol. The summed E-state index contributed by atoms with van der Waals surface area (Å²) in [5.41, 5.74) is 0. The van der Waals surface area contributed by atoms with E-state index in [1.807, 2.05) is 6.92 Å². The van der Waals surface area contributed by atoms with Gasteiger partial charge in [-0.25, -0.2) is 8.42 Å². The van der Waals surface area contributed by atoms with Crippen molar-refractivity contribution in [3.63, 3.8) is 0 Å². The number of hydrogen-bond acceptors (Lipinski definition) is 5. The number of sulfonamides is 1. The van der Waals surface area contributed by atoms with Crippen LogP contribution in [-0.4, -0.2) is 41.0 Å². The molecule has 0 spiro atoms. The highest BCUT2D eigenvalue weighted by atomic mass is 79.9. The molecule has 0 aromatic carbocycles. The first-order chi connectivity index (χ1) is 8.89. The Hall–Kier alpha value is -0.0900. The highest BCUT2D eigenvalue weighted by molar-refractivity contribution is 9.10. The van der Waals surface area contributed by atoms with Gasteiger partial charge in [-0.2, -0.15) is 4.31 Å². The van der Waals surface area contributed by atoms with E-state index in [1.165, 1.54) is 11.8 Å². The minimum Gasteiger partial charge on any atom is -0.480 e. The Labute approximate surface area is 128 Å². The van der Waals surface area contributed by atoms with Gasteiger partial charge in [-0.1, -0.05) is 6.92 Å². The van der Waals surface area contributed by atoms with Gasteiger partial charge in [0.15, 0.2) is 0 Å². The average Bonchev–Trinajstić information content (AvgIpc) is 2.94. The van der Waals surface area contributed by atoms with Crippen LogP contribution in [0.25, 0.3) is 0 Å². The smallest absolute Gasteiger partial charge is 0.322 e. The zero-order valence-electron chi connectivity index (χ0n) is 9.95. The molecule has 1 N–H and O–H groups in total. The van der Waals surface area contributed by atoms with Crippen LogP contribution in [0.4, 0.5) is 0 Å². The van der Waals surface area contributed by atoms with E-state index in [0.717, 1.165) is 15.6 Å². The summed E-state index contributed by atoms with van der Waals surface area (Å²) in [4.78, 5) is 11.2.